The van der Waals surface area contributed by atoms with E-state index in [0.29, 0.717) is 12.8 Å². The third-order valence-corrected chi connectivity index (χ3v) is 3.11. The Bertz CT molecular complexity index is 300. The number of rotatable bonds is 4. The number of carboxylic acids is 1. The summed E-state index contributed by atoms with van der Waals surface area (Å²) in [6.45, 7) is 2.04. The molecule has 1 rings (SSSR count). The molecule has 1 saturated heterocycles. The van der Waals surface area contributed by atoms with Crippen molar-refractivity contribution in [3.8, 4) is 0 Å². The molecule has 1 heterocycles. The molecule has 0 bridgehead atoms. The molecule has 1 aliphatic rings. The Hall–Kier alpha value is -1.01. The first kappa shape index (κ1) is 16.0. The number of halogens is 1. The van der Waals surface area contributed by atoms with Crippen LogP contribution < -0.4 is 5.73 Å². The Morgan fingerprint density at radius 3 is 2.47 bits per heavy atom. The zero-order valence-corrected chi connectivity index (χ0v) is 10.6. The van der Waals surface area contributed by atoms with Gasteiger partial charge in [-0.15, -0.1) is 12.4 Å². The lowest BCUT2D eigenvalue weighted by molar-refractivity contribution is -0.149. The monoisotopic (exact) mass is 266 g/mol. The second kappa shape index (κ2) is 6.07. The number of aliphatic carboxylic acids is 1. The summed E-state index contributed by atoms with van der Waals surface area (Å²) in [5.41, 5.74) is 4.36. The van der Waals surface area contributed by atoms with E-state index in [1.54, 1.807) is 0 Å². The molecule has 7 heteroatoms. The molecule has 100 valence electrons. The summed E-state index contributed by atoms with van der Waals surface area (Å²) in [6.07, 6.45) is 0.847. The van der Waals surface area contributed by atoms with E-state index in [9.17, 15) is 14.7 Å². The van der Waals surface area contributed by atoms with Crippen molar-refractivity contribution in [2.24, 2.45) is 5.73 Å². The Labute approximate surface area is 106 Å². The van der Waals surface area contributed by atoms with E-state index in [0.717, 1.165) is 11.3 Å². The van der Waals surface area contributed by atoms with Crippen LogP contribution in [0.5, 0.6) is 0 Å². The molecule has 6 nitrogen and oxygen atoms in total. The van der Waals surface area contributed by atoms with Crippen molar-refractivity contribution in [1.82, 2.24) is 4.90 Å². The normalized spacial score (nSPS) is 27.6. The van der Waals surface area contributed by atoms with Crippen molar-refractivity contribution in [3.63, 3.8) is 0 Å². The topological polar surface area (TPSA) is 104 Å². The molecule has 0 spiro atoms. The van der Waals surface area contributed by atoms with E-state index >= 15 is 0 Å². The first-order chi connectivity index (χ1) is 7.44. The van der Waals surface area contributed by atoms with Crippen molar-refractivity contribution in [3.05, 3.63) is 0 Å². The van der Waals surface area contributed by atoms with Gasteiger partial charge < -0.3 is 15.9 Å². The SMILES string of the molecule is CCCCC1(C(=O)O)CC(N)CN1C(=O)O.Cl. The third-order valence-electron chi connectivity index (χ3n) is 3.11. The lowest BCUT2D eigenvalue weighted by atomic mass is 9.89. The number of carboxylic acid groups (broad SMARTS) is 2. The van der Waals surface area contributed by atoms with Gasteiger partial charge in [-0.1, -0.05) is 19.8 Å². The van der Waals surface area contributed by atoms with Crippen LogP contribution in [0.3, 0.4) is 0 Å². The Balaban J connectivity index is 0.00000256. The molecule has 0 radical (unpaired) electrons. The molecule has 0 saturated carbocycles. The summed E-state index contributed by atoms with van der Waals surface area (Å²) in [5.74, 6) is -1.09. The van der Waals surface area contributed by atoms with Gasteiger partial charge in [0.2, 0.25) is 0 Å². The van der Waals surface area contributed by atoms with Gasteiger partial charge in [0.1, 0.15) is 5.54 Å². The van der Waals surface area contributed by atoms with Gasteiger partial charge >= 0.3 is 12.1 Å². The molecule has 0 aromatic carbocycles. The van der Waals surface area contributed by atoms with E-state index in [2.05, 4.69) is 0 Å². The fourth-order valence-electron chi connectivity index (χ4n) is 2.29. The van der Waals surface area contributed by atoms with Crippen molar-refractivity contribution in [2.75, 3.05) is 6.54 Å². The first-order valence-electron chi connectivity index (χ1n) is 5.43. The van der Waals surface area contributed by atoms with Crippen molar-refractivity contribution < 1.29 is 19.8 Å². The van der Waals surface area contributed by atoms with Gasteiger partial charge in [-0.3, -0.25) is 4.90 Å². The maximum Gasteiger partial charge on any atom is 0.408 e. The van der Waals surface area contributed by atoms with E-state index in [-0.39, 0.29) is 31.4 Å². The van der Waals surface area contributed by atoms with Gasteiger partial charge in [-0.25, -0.2) is 9.59 Å². The zero-order chi connectivity index (χ0) is 12.3. The summed E-state index contributed by atoms with van der Waals surface area (Å²) < 4.78 is 0. The highest BCUT2D eigenvalue weighted by molar-refractivity contribution is 5.85. The summed E-state index contributed by atoms with van der Waals surface area (Å²) in [4.78, 5) is 23.3. The second-order valence-electron chi connectivity index (χ2n) is 4.30. The molecule has 4 N–H and O–H groups in total. The summed E-state index contributed by atoms with van der Waals surface area (Å²) >= 11 is 0. The fraction of sp³-hybridized carbons (Fsp3) is 0.800. The quantitative estimate of drug-likeness (QED) is 0.708. The van der Waals surface area contributed by atoms with Gasteiger partial charge in [-0.05, 0) is 12.8 Å². The smallest absolute Gasteiger partial charge is 0.408 e. The molecule has 0 aliphatic carbocycles. The van der Waals surface area contributed by atoms with Crippen LogP contribution in [0.25, 0.3) is 0 Å². The molecule has 2 atom stereocenters. The fourth-order valence-corrected chi connectivity index (χ4v) is 2.29. The standard InChI is InChI=1S/C10H18N2O4.ClH/c1-2-3-4-10(8(13)14)5-7(11)6-12(10)9(15)16;/h7H,2-6,11H2,1H3,(H,13,14)(H,15,16);1H. The highest BCUT2D eigenvalue weighted by Crippen LogP contribution is 2.34. The molecule has 0 aromatic rings. The molecule has 0 aromatic heterocycles. The van der Waals surface area contributed by atoms with Crippen LogP contribution in [0.15, 0.2) is 0 Å². The van der Waals surface area contributed by atoms with Gasteiger partial charge in [-0.2, -0.15) is 0 Å². The van der Waals surface area contributed by atoms with Crippen LogP contribution in [0.4, 0.5) is 4.79 Å². The average molecular weight is 267 g/mol. The van der Waals surface area contributed by atoms with E-state index in [1.807, 2.05) is 6.92 Å². The Kier molecular flexibility index (Phi) is 5.71. The summed E-state index contributed by atoms with van der Waals surface area (Å²) in [6, 6.07) is -0.385. The van der Waals surface area contributed by atoms with Crippen LogP contribution in [-0.4, -0.2) is 45.3 Å². The zero-order valence-electron chi connectivity index (χ0n) is 9.76. The number of likely N-dealkylation sites (tertiary alicyclic amines) is 1. The maximum absolute atomic E-state index is 11.3. The Morgan fingerprint density at radius 1 is 1.47 bits per heavy atom. The molecule has 1 fully saturated rings. The molecule has 2 unspecified atom stereocenters. The number of amides is 1. The second-order valence-corrected chi connectivity index (χ2v) is 4.30. The predicted molar refractivity (Wildman–Crippen MR) is 64.5 cm³/mol. The predicted octanol–water partition coefficient (Wildman–Crippen LogP) is 1.13. The van der Waals surface area contributed by atoms with Crippen molar-refractivity contribution in [1.29, 1.82) is 0 Å². The average Bonchev–Trinajstić information content (AvgIpc) is 2.54. The molecule has 17 heavy (non-hydrogen) atoms. The number of hydrogen-bond acceptors (Lipinski definition) is 3. The minimum atomic E-state index is -1.32. The largest absolute Gasteiger partial charge is 0.479 e. The van der Waals surface area contributed by atoms with Crippen LogP contribution in [0, 0.1) is 0 Å². The minimum absolute atomic E-state index is 0. The van der Waals surface area contributed by atoms with E-state index < -0.39 is 17.6 Å². The van der Waals surface area contributed by atoms with Gasteiger partial charge in [0.15, 0.2) is 0 Å². The lowest BCUT2D eigenvalue weighted by Crippen LogP contribution is -2.52. The maximum atomic E-state index is 11.3. The molecular formula is C10H19ClN2O4. The Morgan fingerprint density at radius 2 is 2.06 bits per heavy atom. The minimum Gasteiger partial charge on any atom is -0.479 e. The van der Waals surface area contributed by atoms with Gasteiger partial charge in [0.25, 0.3) is 0 Å². The number of nitrogens with zero attached hydrogens (tertiary/aromatic N) is 1. The van der Waals surface area contributed by atoms with Crippen LogP contribution in [0.2, 0.25) is 0 Å². The van der Waals surface area contributed by atoms with Crippen LogP contribution in [0.1, 0.15) is 32.6 Å². The van der Waals surface area contributed by atoms with Gasteiger partial charge in [0.05, 0.1) is 0 Å². The summed E-state index contributed by atoms with van der Waals surface area (Å²) in [7, 11) is 0. The van der Waals surface area contributed by atoms with Crippen molar-refractivity contribution in [2.45, 2.75) is 44.2 Å². The highest BCUT2D eigenvalue weighted by Gasteiger charge is 2.52. The molecule has 1 amide bonds. The van der Waals surface area contributed by atoms with Gasteiger partial charge in [0, 0.05) is 12.6 Å². The van der Waals surface area contributed by atoms with E-state index in [1.165, 1.54) is 0 Å². The van der Waals surface area contributed by atoms with Crippen LogP contribution >= 0.6 is 12.4 Å². The summed E-state index contributed by atoms with van der Waals surface area (Å²) in [5, 5.41) is 18.3. The molecule has 1 aliphatic heterocycles. The number of hydrogen-bond donors (Lipinski definition) is 3. The number of nitrogens with two attached hydrogens (primary N) is 1. The first-order valence-corrected chi connectivity index (χ1v) is 5.43. The highest BCUT2D eigenvalue weighted by atomic mass is 35.5. The van der Waals surface area contributed by atoms with Crippen molar-refractivity contribution >= 4 is 24.5 Å². The number of unbranched alkanes of at least 4 members (excludes halogenated alkanes) is 1. The lowest BCUT2D eigenvalue weighted by Gasteiger charge is -2.32. The van der Waals surface area contributed by atoms with Crippen LogP contribution in [-0.2, 0) is 4.79 Å². The molecular weight excluding hydrogens is 248 g/mol. The number of carbonyl (C=O) groups is 2. The third kappa shape index (κ3) is 3.01. The van der Waals surface area contributed by atoms with E-state index in [4.69, 9.17) is 10.8 Å².